The highest BCUT2D eigenvalue weighted by atomic mass is 19.1. The number of hydrogen-bond acceptors (Lipinski definition) is 3. The highest BCUT2D eigenvalue weighted by Crippen LogP contribution is 2.24. The van der Waals surface area contributed by atoms with Gasteiger partial charge in [-0.05, 0) is 26.8 Å². The number of pyridine rings is 1. The maximum atomic E-state index is 13.2. The zero-order valence-corrected chi connectivity index (χ0v) is 12.3. The number of aromatic nitrogens is 1. The Morgan fingerprint density at radius 3 is 2.43 bits per heavy atom. The summed E-state index contributed by atoms with van der Waals surface area (Å²) in [5, 5.41) is 3.32. The van der Waals surface area contributed by atoms with Gasteiger partial charge in [0, 0.05) is 42.0 Å². The molecule has 1 aromatic carbocycles. The molecule has 2 rings (SSSR count). The van der Waals surface area contributed by atoms with Crippen LogP contribution in [0.3, 0.4) is 0 Å². The monoisotopic (exact) mass is 292 g/mol. The lowest BCUT2D eigenvalue weighted by Crippen LogP contribution is -2.35. The molecular formula is C16H18F2N2O. The molecule has 0 amide bonds. The Labute approximate surface area is 123 Å². The third-order valence-corrected chi connectivity index (χ3v) is 2.71. The van der Waals surface area contributed by atoms with Crippen LogP contribution in [0.4, 0.5) is 8.78 Å². The molecule has 1 N–H and O–H groups in total. The summed E-state index contributed by atoms with van der Waals surface area (Å²) in [4.78, 5) is 4.13. The molecule has 3 nitrogen and oxygen atoms in total. The van der Waals surface area contributed by atoms with E-state index in [9.17, 15) is 8.78 Å². The first kappa shape index (κ1) is 15.4. The van der Waals surface area contributed by atoms with Crippen LogP contribution < -0.4 is 10.1 Å². The van der Waals surface area contributed by atoms with Gasteiger partial charge in [0.1, 0.15) is 17.4 Å². The van der Waals surface area contributed by atoms with E-state index in [0.29, 0.717) is 12.4 Å². The van der Waals surface area contributed by atoms with Crippen molar-refractivity contribution >= 4 is 0 Å². The van der Waals surface area contributed by atoms with Crippen molar-refractivity contribution in [3.8, 4) is 11.6 Å². The zero-order valence-electron chi connectivity index (χ0n) is 12.3. The number of halogens is 2. The molecule has 0 unspecified atom stereocenters. The van der Waals surface area contributed by atoms with Crippen LogP contribution in [-0.4, -0.2) is 10.5 Å². The van der Waals surface area contributed by atoms with E-state index in [4.69, 9.17) is 4.74 Å². The van der Waals surface area contributed by atoms with Crippen molar-refractivity contribution in [2.24, 2.45) is 0 Å². The highest BCUT2D eigenvalue weighted by Gasteiger charge is 2.12. The molecule has 5 heteroatoms. The van der Waals surface area contributed by atoms with Gasteiger partial charge >= 0.3 is 0 Å². The number of benzene rings is 1. The third kappa shape index (κ3) is 4.79. The van der Waals surface area contributed by atoms with Crippen molar-refractivity contribution < 1.29 is 13.5 Å². The quantitative estimate of drug-likeness (QED) is 0.923. The van der Waals surface area contributed by atoms with E-state index in [1.54, 1.807) is 12.3 Å². The van der Waals surface area contributed by atoms with Gasteiger partial charge < -0.3 is 10.1 Å². The molecule has 0 spiro atoms. The summed E-state index contributed by atoms with van der Waals surface area (Å²) in [6.07, 6.45) is 1.57. The van der Waals surface area contributed by atoms with Crippen LogP contribution in [0.25, 0.3) is 0 Å². The molecule has 0 bridgehead atoms. The molecule has 0 saturated carbocycles. The van der Waals surface area contributed by atoms with E-state index in [1.165, 1.54) is 0 Å². The number of ether oxygens (including phenoxy) is 1. The van der Waals surface area contributed by atoms with Gasteiger partial charge in [0.25, 0.3) is 0 Å². The number of nitrogens with one attached hydrogen (secondary N) is 1. The van der Waals surface area contributed by atoms with Crippen LogP contribution >= 0.6 is 0 Å². The van der Waals surface area contributed by atoms with E-state index in [2.05, 4.69) is 10.3 Å². The highest BCUT2D eigenvalue weighted by molar-refractivity contribution is 5.32. The first-order valence-corrected chi connectivity index (χ1v) is 6.66. The Morgan fingerprint density at radius 1 is 1.14 bits per heavy atom. The molecule has 112 valence electrons. The minimum absolute atomic E-state index is 0.0575. The minimum atomic E-state index is -0.685. The van der Waals surface area contributed by atoms with Crippen LogP contribution in [-0.2, 0) is 6.54 Å². The number of hydrogen-bond donors (Lipinski definition) is 1. The van der Waals surface area contributed by atoms with Gasteiger partial charge in [-0.1, -0.05) is 6.07 Å². The van der Waals surface area contributed by atoms with Crippen molar-refractivity contribution in [2.75, 3.05) is 0 Å². The number of nitrogens with zero attached hydrogens (tertiary/aromatic N) is 1. The summed E-state index contributed by atoms with van der Waals surface area (Å²) < 4.78 is 31.9. The lowest BCUT2D eigenvalue weighted by Gasteiger charge is -2.21. The molecule has 21 heavy (non-hydrogen) atoms. The fourth-order valence-electron chi connectivity index (χ4n) is 1.71. The fourth-order valence-corrected chi connectivity index (χ4v) is 1.71. The molecule has 1 heterocycles. The van der Waals surface area contributed by atoms with Crippen molar-refractivity contribution in [2.45, 2.75) is 32.9 Å². The topological polar surface area (TPSA) is 34.2 Å². The molecule has 0 radical (unpaired) electrons. The Balaban J connectivity index is 2.20. The van der Waals surface area contributed by atoms with Crippen molar-refractivity contribution in [3.63, 3.8) is 0 Å². The maximum Gasteiger partial charge on any atom is 0.223 e. The lowest BCUT2D eigenvalue weighted by molar-refractivity contribution is 0.407. The minimum Gasteiger partial charge on any atom is -0.438 e. The molecular weight excluding hydrogens is 274 g/mol. The second-order valence-corrected chi connectivity index (χ2v) is 5.78. The van der Waals surface area contributed by atoms with Gasteiger partial charge in [-0.15, -0.1) is 0 Å². The lowest BCUT2D eigenvalue weighted by atomic mass is 10.1. The van der Waals surface area contributed by atoms with Gasteiger partial charge in [-0.25, -0.2) is 13.8 Å². The average Bonchev–Trinajstić information content (AvgIpc) is 2.35. The largest absolute Gasteiger partial charge is 0.438 e. The third-order valence-electron chi connectivity index (χ3n) is 2.71. The van der Waals surface area contributed by atoms with Gasteiger partial charge in [-0.2, -0.15) is 0 Å². The van der Waals surface area contributed by atoms with Crippen LogP contribution in [0.15, 0.2) is 36.5 Å². The summed E-state index contributed by atoms with van der Waals surface area (Å²) in [6, 6.07) is 6.69. The van der Waals surface area contributed by atoms with E-state index in [0.717, 1.165) is 23.8 Å². The predicted molar refractivity (Wildman–Crippen MR) is 77.3 cm³/mol. The zero-order chi connectivity index (χ0) is 15.5. The molecule has 0 aliphatic heterocycles. The summed E-state index contributed by atoms with van der Waals surface area (Å²) in [5.41, 5.74) is 0.759. The predicted octanol–water partition coefficient (Wildman–Crippen LogP) is 4.04. The summed E-state index contributed by atoms with van der Waals surface area (Å²) in [7, 11) is 0. The van der Waals surface area contributed by atoms with E-state index in [1.807, 2.05) is 26.8 Å². The van der Waals surface area contributed by atoms with Gasteiger partial charge in [0.15, 0.2) is 0 Å². The fraction of sp³-hybridized carbons (Fsp3) is 0.312. The first-order valence-electron chi connectivity index (χ1n) is 6.66. The average molecular weight is 292 g/mol. The Morgan fingerprint density at radius 2 is 1.81 bits per heavy atom. The Hall–Kier alpha value is -2.01. The summed E-state index contributed by atoms with van der Waals surface area (Å²) in [5.74, 6) is -0.951. The second kappa shape index (κ2) is 6.18. The molecule has 1 aromatic heterocycles. The standard InChI is InChI=1S/C16H18F2N2O/c1-16(2,3)20-10-11-5-4-6-19-15(11)21-14-8-12(17)7-13(18)9-14/h4-9,20H,10H2,1-3H3. The maximum absolute atomic E-state index is 13.2. The molecule has 0 saturated heterocycles. The van der Waals surface area contributed by atoms with Crippen LogP contribution in [0.2, 0.25) is 0 Å². The van der Waals surface area contributed by atoms with E-state index >= 15 is 0 Å². The smallest absolute Gasteiger partial charge is 0.223 e. The van der Waals surface area contributed by atoms with E-state index in [-0.39, 0.29) is 11.3 Å². The van der Waals surface area contributed by atoms with E-state index < -0.39 is 11.6 Å². The Bertz CT molecular complexity index is 604. The Kier molecular flexibility index (Phi) is 4.53. The summed E-state index contributed by atoms with van der Waals surface area (Å²) >= 11 is 0. The molecule has 0 aliphatic carbocycles. The van der Waals surface area contributed by atoms with Crippen LogP contribution in [0.1, 0.15) is 26.3 Å². The van der Waals surface area contributed by atoms with Gasteiger partial charge in [-0.3, -0.25) is 0 Å². The molecule has 0 fully saturated rings. The normalized spacial score (nSPS) is 11.5. The first-order chi connectivity index (χ1) is 9.83. The SMILES string of the molecule is CC(C)(C)NCc1cccnc1Oc1cc(F)cc(F)c1. The molecule has 0 aliphatic rings. The van der Waals surface area contributed by atoms with Crippen molar-refractivity contribution in [1.29, 1.82) is 0 Å². The second-order valence-electron chi connectivity index (χ2n) is 5.78. The van der Waals surface area contributed by atoms with Crippen molar-refractivity contribution in [1.82, 2.24) is 10.3 Å². The molecule has 2 aromatic rings. The van der Waals surface area contributed by atoms with Crippen molar-refractivity contribution in [3.05, 3.63) is 53.7 Å². The molecule has 0 atom stereocenters. The van der Waals surface area contributed by atoms with Gasteiger partial charge in [0.2, 0.25) is 5.88 Å². The van der Waals surface area contributed by atoms with Crippen LogP contribution in [0, 0.1) is 11.6 Å². The summed E-state index contributed by atoms with van der Waals surface area (Å²) in [6.45, 7) is 6.69. The van der Waals surface area contributed by atoms with Crippen LogP contribution in [0.5, 0.6) is 11.6 Å². The number of rotatable bonds is 4. The van der Waals surface area contributed by atoms with Gasteiger partial charge in [0.05, 0.1) is 0 Å².